The molecule has 1 aromatic rings. The maximum absolute atomic E-state index is 12.7. The minimum Gasteiger partial charge on any atom is -0.477 e. The van der Waals surface area contributed by atoms with Crippen LogP contribution in [0, 0.1) is 0 Å². The van der Waals surface area contributed by atoms with Crippen molar-refractivity contribution in [3.05, 3.63) is 59.3 Å². The summed E-state index contributed by atoms with van der Waals surface area (Å²) in [7, 11) is 0. The van der Waals surface area contributed by atoms with Crippen LogP contribution in [0.1, 0.15) is 18.9 Å². The van der Waals surface area contributed by atoms with Gasteiger partial charge in [-0.25, -0.2) is 9.59 Å². The zero-order chi connectivity index (χ0) is 24.0. The molecule has 3 unspecified atom stereocenters. The van der Waals surface area contributed by atoms with Crippen LogP contribution in [0.5, 0.6) is 0 Å². The van der Waals surface area contributed by atoms with Crippen LogP contribution < -0.4 is 10.6 Å². The van der Waals surface area contributed by atoms with Crippen LogP contribution in [0.3, 0.4) is 0 Å². The van der Waals surface area contributed by atoms with E-state index in [1.807, 2.05) is 25.1 Å². The Labute approximate surface area is 205 Å². The Morgan fingerprint density at radius 1 is 1.36 bits per heavy atom. The summed E-state index contributed by atoms with van der Waals surface area (Å²) in [5.41, 5.74) is 1.17. The van der Waals surface area contributed by atoms with Gasteiger partial charge in [-0.3, -0.25) is 4.79 Å². The molecule has 33 heavy (non-hydrogen) atoms. The molecule has 3 rings (SSSR count). The van der Waals surface area contributed by atoms with Crippen molar-refractivity contribution in [3.8, 4) is 0 Å². The third-order valence-corrected chi connectivity index (χ3v) is 6.63. The van der Waals surface area contributed by atoms with Crippen molar-refractivity contribution >= 4 is 52.8 Å². The number of nitrogens with one attached hydrogen (secondary N) is 2. The van der Waals surface area contributed by atoms with Crippen molar-refractivity contribution in [2.24, 2.45) is 0 Å². The lowest BCUT2D eigenvalue weighted by molar-refractivity contribution is -0.148. The first-order chi connectivity index (χ1) is 15.7. The largest absolute Gasteiger partial charge is 0.477 e. The van der Waals surface area contributed by atoms with E-state index in [4.69, 9.17) is 32.7 Å². The van der Waals surface area contributed by atoms with Crippen molar-refractivity contribution in [3.63, 3.8) is 0 Å². The fourth-order valence-corrected chi connectivity index (χ4v) is 4.59. The predicted molar refractivity (Wildman–Crippen MR) is 126 cm³/mol. The van der Waals surface area contributed by atoms with Gasteiger partial charge in [-0.05, 0) is 23.6 Å². The zero-order valence-corrected chi connectivity index (χ0v) is 20.1. The molecule has 0 saturated carbocycles. The Hall–Kier alpha value is -2.20. The first-order valence-electron chi connectivity index (χ1n) is 10.3. The molecule has 11 heteroatoms. The number of ether oxygens (including phenoxy) is 2. The highest BCUT2D eigenvalue weighted by Gasteiger charge is 2.52. The van der Waals surface area contributed by atoms with Crippen LogP contribution in [0.15, 0.2) is 53.8 Å². The Morgan fingerprint density at radius 2 is 2.06 bits per heavy atom. The molecule has 1 saturated heterocycles. The van der Waals surface area contributed by atoms with E-state index in [0.29, 0.717) is 12.0 Å². The number of hydrogen-bond donors (Lipinski definition) is 3. The molecule has 2 heterocycles. The van der Waals surface area contributed by atoms with Gasteiger partial charge in [0.25, 0.3) is 0 Å². The molecule has 3 atom stereocenters. The second kappa shape index (κ2) is 11.3. The van der Waals surface area contributed by atoms with Gasteiger partial charge >= 0.3 is 11.9 Å². The maximum Gasteiger partial charge on any atom is 0.352 e. The lowest BCUT2D eigenvalue weighted by atomic mass is 10.1. The second-order valence-electron chi connectivity index (χ2n) is 7.42. The van der Waals surface area contributed by atoms with Gasteiger partial charge in [0.05, 0.1) is 13.0 Å². The third kappa shape index (κ3) is 7.14. The number of halogens is 2. The summed E-state index contributed by atoms with van der Waals surface area (Å²) in [5, 5.41) is 14.5. The average molecular weight is 515 g/mol. The van der Waals surface area contributed by atoms with Gasteiger partial charge in [0.1, 0.15) is 17.2 Å². The Balaban J connectivity index is 1.74. The van der Waals surface area contributed by atoms with Crippen LogP contribution in [0.2, 0.25) is 0 Å². The zero-order valence-electron chi connectivity index (χ0n) is 17.8. The van der Waals surface area contributed by atoms with Gasteiger partial charge in [0, 0.05) is 5.75 Å². The molecule has 2 aliphatic rings. The molecular formula is C22H24Cl2N2O6S. The summed E-state index contributed by atoms with van der Waals surface area (Å²) in [6.45, 7) is 2.05. The minimum atomic E-state index is -1.30. The van der Waals surface area contributed by atoms with Crippen molar-refractivity contribution < 1.29 is 29.0 Å². The van der Waals surface area contributed by atoms with Crippen LogP contribution in [0.25, 0.3) is 0 Å². The highest BCUT2D eigenvalue weighted by molar-refractivity contribution is 8.00. The number of carboxylic acids is 1. The molecule has 2 aliphatic heterocycles. The SMILES string of the molecule is CCCOC(=O)C(NC(=O)Cc1ccccc1)C1NC(C(=O)O)=C(/C=C/C2OC2(Cl)Cl)CS1. The maximum atomic E-state index is 12.7. The van der Waals surface area contributed by atoms with Crippen molar-refractivity contribution in [2.75, 3.05) is 12.4 Å². The summed E-state index contributed by atoms with van der Waals surface area (Å²) in [6.07, 6.45) is 3.32. The van der Waals surface area contributed by atoms with Crippen LogP contribution in [-0.4, -0.2) is 57.4 Å². The summed E-state index contributed by atoms with van der Waals surface area (Å²) in [6, 6.07) is 8.01. The summed E-state index contributed by atoms with van der Waals surface area (Å²) >= 11 is 12.9. The number of alkyl halides is 2. The predicted octanol–water partition coefficient (Wildman–Crippen LogP) is 2.75. The Morgan fingerprint density at radius 3 is 2.67 bits per heavy atom. The molecule has 1 aromatic carbocycles. The van der Waals surface area contributed by atoms with Crippen LogP contribution in [-0.2, 0) is 30.3 Å². The van der Waals surface area contributed by atoms with Gasteiger partial charge in [0.2, 0.25) is 10.4 Å². The number of amides is 1. The molecule has 3 N–H and O–H groups in total. The number of aliphatic carboxylic acids is 1. The summed E-state index contributed by atoms with van der Waals surface area (Å²) in [5.74, 6) is -1.94. The second-order valence-corrected chi connectivity index (χ2v) is 9.86. The molecule has 0 aromatic heterocycles. The first kappa shape index (κ1) is 25.4. The highest BCUT2D eigenvalue weighted by atomic mass is 35.5. The van der Waals surface area contributed by atoms with Crippen LogP contribution in [0.4, 0.5) is 0 Å². The number of benzene rings is 1. The van der Waals surface area contributed by atoms with E-state index in [-0.39, 0.29) is 30.4 Å². The molecule has 178 valence electrons. The normalized spacial score (nSPS) is 22.4. The smallest absolute Gasteiger partial charge is 0.352 e. The van der Waals surface area contributed by atoms with E-state index < -0.39 is 34.0 Å². The van der Waals surface area contributed by atoms with Gasteiger partial charge in [-0.1, -0.05) is 66.5 Å². The van der Waals surface area contributed by atoms with E-state index >= 15 is 0 Å². The Bertz CT molecular complexity index is 953. The number of thioether (sulfide) groups is 1. The fourth-order valence-electron chi connectivity index (χ4n) is 3.08. The van der Waals surface area contributed by atoms with Crippen molar-refractivity contribution in [1.29, 1.82) is 0 Å². The molecule has 1 fully saturated rings. The summed E-state index contributed by atoms with van der Waals surface area (Å²) < 4.78 is 9.01. The number of esters is 1. The number of hydrogen-bond acceptors (Lipinski definition) is 7. The fraction of sp³-hybridized carbons (Fsp3) is 0.409. The molecule has 0 bridgehead atoms. The molecule has 0 aliphatic carbocycles. The van der Waals surface area contributed by atoms with E-state index in [2.05, 4.69) is 10.6 Å². The minimum absolute atomic E-state index is 0.0748. The van der Waals surface area contributed by atoms with Gasteiger partial charge in [-0.15, -0.1) is 11.8 Å². The number of carboxylic acid groups (broad SMARTS) is 1. The average Bonchev–Trinajstić information content (AvgIpc) is 3.41. The van der Waals surface area contributed by atoms with Crippen molar-refractivity contribution in [1.82, 2.24) is 10.6 Å². The molecule has 1 amide bonds. The number of allylic oxidation sites excluding steroid dienone is 1. The topological polar surface area (TPSA) is 117 Å². The molecule has 0 radical (unpaired) electrons. The van der Waals surface area contributed by atoms with Gasteiger partial charge in [0.15, 0.2) is 6.04 Å². The number of carbonyl (C=O) groups excluding carboxylic acids is 2. The highest BCUT2D eigenvalue weighted by Crippen LogP contribution is 2.45. The van der Waals surface area contributed by atoms with Crippen molar-refractivity contribution in [2.45, 2.75) is 41.8 Å². The van der Waals surface area contributed by atoms with E-state index in [1.165, 1.54) is 11.8 Å². The van der Waals surface area contributed by atoms with E-state index in [0.717, 1.165) is 5.56 Å². The summed E-state index contributed by atoms with van der Waals surface area (Å²) in [4.78, 5) is 37.2. The number of rotatable bonds is 10. The van der Waals surface area contributed by atoms with E-state index in [9.17, 15) is 19.5 Å². The third-order valence-electron chi connectivity index (χ3n) is 4.80. The lowest BCUT2D eigenvalue weighted by Crippen LogP contribution is -2.55. The molecular weight excluding hydrogens is 491 g/mol. The monoisotopic (exact) mass is 514 g/mol. The molecule has 8 nitrogen and oxygen atoms in total. The number of carbonyl (C=O) groups is 3. The standard InChI is InChI=1S/C22H24Cl2N2O6S/c1-2-10-31-21(30)18(25-16(27)11-13-6-4-3-5-7-13)19-26-17(20(28)29)14(12-33-19)8-9-15-22(23,24)32-15/h3-9,15,18-19,26H,2,10-12H2,1H3,(H,25,27)(H,28,29)/b9-8+. The first-order valence-corrected chi connectivity index (χ1v) is 12.1. The van der Waals surface area contributed by atoms with E-state index in [1.54, 1.807) is 24.3 Å². The lowest BCUT2D eigenvalue weighted by Gasteiger charge is -2.31. The van der Waals surface area contributed by atoms with Gasteiger partial charge in [-0.2, -0.15) is 0 Å². The van der Waals surface area contributed by atoms with Crippen LogP contribution >= 0.6 is 35.0 Å². The quantitative estimate of drug-likeness (QED) is 0.248. The van der Waals surface area contributed by atoms with Gasteiger partial charge < -0.3 is 25.2 Å². The molecule has 0 spiro atoms. The Kier molecular flexibility index (Phi) is 8.69. The number of epoxide rings is 1.